The minimum Gasteiger partial charge on any atom is -0.491 e. The lowest BCUT2D eigenvalue weighted by molar-refractivity contribution is 0.0690. The molecule has 0 bridgehead atoms. The Labute approximate surface area is 308 Å². The molecule has 1 aliphatic heterocycles. The number of amides is 1. The third-order valence-electron chi connectivity index (χ3n) is 10.2. The number of anilines is 1. The van der Waals surface area contributed by atoms with E-state index in [1.807, 2.05) is 47.4 Å². The number of aliphatic hydroxyl groups is 1. The molecule has 6 rings (SSSR count). The van der Waals surface area contributed by atoms with Gasteiger partial charge in [-0.3, -0.25) is 9.52 Å². The molecule has 1 saturated heterocycles. The third-order valence-corrected chi connectivity index (χ3v) is 10.8. The normalized spacial score (nSPS) is 18.8. The van der Waals surface area contributed by atoms with E-state index in [9.17, 15) is 18.3 Å². The molecular weight excluding hydrogens is 675 g/mol. The first-order valence-electron chi connectivity index (χ1n) is 18.4. The zero-order chi connectivity index (χ0) is 36.3. The molecule has 52 heavy (non-hydrogen) atoms. The Bertz CT molecular complexity index is 1820. The van der Waals surface area contributed by atoms with E-state index in [0.717, 1.165) is 75.4 Å². The summed E-state index contributed by atoms with van der Waals surface area (Å²) in [5.41, 5.74) is 4.66. The number of nitrogens with one attached hydrogen (secondary N) is 2. The van der Waals surface area contributed by atoms with Crippen LogP contribution >= 0.6 is 0 Å². The summed E-state index contributed by atoms with van der Waals surface area (Å²) in [5.74, 6) is 2.03. The van der Waals surface area contributed by atoms with Gasteiger partial charge in [-0.05, 0) is 97.7 Å². The maximum Gasteiger partial charge on any atom is 0.253 e. The van der Waals surface area contributed by atoms with Crippen LogP contribution in [0, 0.1) is 5.92 Å². The lowest BCUT2D eigenvalue weighted by Gasteiger charge is -2.32. The monoisotopic (exact) mass is 725 g/mol. The molecule has 4 aromatic rings. The molecule has 1 atom stereocenters. The van der Waals surface area contributed by atoms with E-state index < -0.39 is 16.1 Å². The maximum absolute atomic E-state index is 13.3. The Morgan fingerprint density at radius 2 is 1.48 bits per heavy atom. The number of likely N-dealkylation sites (tertiary alicyclic amines) is 1. The summed E-state index contributed by atoms with van der Waals surface area (Å²) in [6.07, 6.45) is 7.61. The van der Waals surface area contributed by atoms with Crippen LogP contribution in [0.15, 0.2) is 103 Å². The molecule has 2 fully saturated rings. The van der Waals surface area contributed by atoms with Gasteiger partial charge < -0.3 is 24.8 Å². The smallest absolute Gasteiger partial charge is 0.253 e. The van der Waals surface area contributed by atoms with Gasteiger partial charge in [0.25, 0.3) is 5.91 Å². The first kappa shape index (κ1) is 37.4. The molecule has 2 aliphatic rings. The number of sulfonamides is 1. The van der Waals surface area contributed by atoms with Crippen molar-refractivity contribution in [2.75, 3.05) is 37.2 Å². The standard InChI is InChI=1S/C42H51N3O6S/c1-52(48,49)44-40-27-39(20-21-41(40)51-29-33-10-6-3-7-11-33)50-30-38(46)28-43-37-18-16-35(17-19-37)34-12-14-36(15-13-34)42(47)45-24-22-32(23-25-45)26-31-8-4-2-5-9-31/h2-15,20-21,27,32,35,37-38,43-44,46H,16-19,22-26,28-30H2,1H3/t35?,37?,38-/m0/s1. The van der Waals surface area contributed by atoms with Gasteiger partial charge in [0.05, 0.1) is 11.9 Å². The second kappa shape index (κ2) is 17.9. The van der Waals surface area contributed by atoms with Gasteiger partial charge in [-0.2, -0.15) is 0 Å². The van der Waals surface area contributed by atoms with Gasteiger partial charge in [0.1, 0.15) is 30.8 Å². The minimum atomic E-state index is -3.55. The number of benzene rings is 4. The topological polar surface area (TPSA) is 117 Å². The number of hydrogen-bond acceptors (Lipinski definition) is 7. The average molecular weight is 726 g/mol. The van der Waals surface area contributed by atoms with Crippen molar-refractivity contribution in [3.63, 3.8) is 0 Å². The lowest BCUT2D eigenvalue weighted by atomic mass is 9.81. The first-order valence-corrected chi connectivity index (χ1v) is 20.3. The molecule has 1 amide bonds. The average Bonchev–Trinajstić information content (AvgIpc) is 3.16. The highest BCUT2D eigenvalue weighted by molar-refractivity contribution is 7.92. The Balaban J connectivity index is 0.906. The van der Waals surface area contributed by atoms with Crippen molar-refractivity contribution in [3.05, 3.63) is 125 Å². The van der Waals surface area contributed by atoms with Gasteiger partial charge in [0, 0.05) is 37.3 Å². The van der Waals surface area contributed by atoms with Crippen molar-refractivity contribution in [1.29, 1.82) is 0 Å². The van der Waals surface area contributed by atoms with Crippen LogP contribution in [0.25, 0.3) is 0 Å². The van der Waals surface area contributed by atoms with Crippen LogP contribution in [0.1, 0.15) is 71.5 Å². The molecule has 9 nitrogen and oxygen atoms in total. The van der Waals surface area contributed by atoms with Crippen molar-refractivity contribution in [2.24, 2.45) is 5.92 Å². The Morgan fingerprint density at radius 1 is 0.827 bits per heavy atom. The van der Waals surface area contributed by atoms with Gasteiger partial charge in [-0.1, -0.05) is 72.8 Å². The predicted octanol–water partition coefficient (Wildman–Crippen LogP) is 6.79. The minimum absolute atomic E-state index is 0.0572. The van der Waals surface area contributed by atoms with Crippen molar-refractivity contribution in [3.8, 4) is 11.5 Å². The molecule has 0 spiro atoms. The summed E-state index contributed by atoms with van der Waals surface area (Å²) >= 11 is 0. The molecule has 0 radical (unpaired) electrons. The van der Waals surface area contributed by atoms with Crippen LogP contribution in [0.2, 0.25) is 0 Å². The highest BCUT2D eigenvalue weighted by atomic mass is 32.2. The lowest BCUT2D eigenvalue weighted by Crippen LogP contribution is -2.39. The molecule has 1 heterocycles. The molecule has 10 heteroatoms. The Hall–Kier alpha value is -4.38. The molecular formula is C42H51N3O6S. The second-order valence-electron chi connectivity index (χ2n) is 14.3. The number of aliphatic hydroxyl groups excluding tert-OH is 1. The number of nitrogens with zero attached hydrogens (tertiary/aromatic N) is 1. The van der Waals surface area contributed by atoms with Crippen molar-refractivity contribution in [2.45, 2.75) is 69.6 Å². The van der Waals surface area contributed by atoms with Crippen molar-refractivity contribution < 1.29 is 27.8 Å². The number of ether oxygens (including phenoxy) is 2. The quantitative estimate of drug-likeness (QED) is 0.124. The van der Waals surface area contributed by atoms with E-state index in [4.69, 9.17) is 9.47 Å². The summed E-state index contributed by atoms with van der Waals surface area (Å²) < 4.78 is 38.3. The van der Waals surface area contributed by atoms with Crippen LogP contribution in [0.5, 0.6) is 11.5 Å². The van der Waals surface area contributed by atoms with E-state index in [2.05, 4.69) is 52.5 Å². The molecule has 1 saturated carbocycles. The van der Waals surface area contributed by atoms with Crippen molar-refractivity contribution in [1.82, 2.24) is 10.2 Å². The van der Waals surface area contributed by atoms with Gasteiger partial charge in [-0.15, -0.1) is 0 Å². The van der Waals surface area contributed by atoms with E-state index in [-0.39, 0.29) is 24.8 Å². The van der Waals surface area contributed by atoms with Crippen LogP contribution in [0.4, 0.5) is 5.69 Å². The van der Waals surface area contributed by atoms with Gasteiger partial charge in [-0.25, -0.2) is 8.42 Å². The van der Waals surface area contributed by atoms with E-state index in [1.165, 1.54) is 11.1 Å². The van der Waals surface area contributed by atoms with Crippen LogP contribution in [0.3, 0.4) is 0 Å². The van der Waals surface area contributed by atoms with Crippen LogP contribution < -0.4 is 19.5 Å². The first-order chi connectivity index (χ1) is 25.2. The van der Waals surface area contributed by atoms with E-state index in [0.29, 0.717) is 35.9 Å². The largest absolute Gasteiger partial charge is 0.491 e. The van der Waals surface area contributed by atoms with E-state index >= 15 is 0 Å². The molecule has 3 N–H and O–H groups in total. The summed E-state index contributed by atoms with van der Waals surface area (Å²) in [6.45, 7) is 2.37. The number of carbonyl (C=O) groups excluding carboxylic acids is 1. The van der Waals surface area contributed by atoms with Crippen molar-refractivity contribution >= 4 is 21.6 Å². The highest BCUT2D eigenvalue weighted by Crippen LogP contribution is 2.34. The number of piperidine rings is 1. The Kier molecular flexibility index (Phi) is 12.9. The molecule has 0 aromatic heterocycles. The summed E-state index contributed by atoms with van der Waals surface area (Å²) in [7, 11) is -3.55. The van der Waals surface area contributed by atoms with Gasteiger partial charge in [0.15, 0.2) is 0 Å². The maximum atomic E-state index is 13.3. The summed E-state index contributed by atoms with van der Waals surface area (Å²) in [4.78, 5) is 15.3. The SMILES string of the molecule is CS(=O)(=O)Nc1cc(OC[C@@H](O)CNC2CCC(c3ccc(C(=O)N4CCC(Cc5ccccc5)CC4)cc3)CC2)ccc1OCc1ccccc1. The second-order valence-corrected chi connectivity index (χ2v) is 16.0. The fraction of sp³-hybridized carbons (Fsp3) is 0.405. The number of carbonyl (C=O) groups is 1. The molecule has 276 valence electrons. The zero-order valence-electron chi connectivity index (χ0n) is 30.0. The van der Waals surface area contributed by atoms with Crippen LogP contribution in [-0.2, 0) is 23.1 Å². The molecule has 4 aromatic carbocycles. The predicted molar refractivity (Wildman–Crippen MR) is 205 cm³/mol. The van der Waals surface area contributed by atoms with Crippen LogP contribution in [-0.4, -0.2) is 69.0 Å². The number of rotatable bonds is 15. The zero-order valence-corrected chi connectivity index (χ0v) is 30.8. The highest BCUT2D eigenvalue weighted by Gasteiger charge is 2.26. The fourth-order valence-corrected chi connectivity index (χ4v) is 7.85. The van der Waals surface area contributed by atoms with Gasteiger partial charge in [0.2, 0.25) is 10.0 Å². The molecule has 0 unspecified atom stereocenters. The van der Waals surface area contributed by atoms with Gasteiger partial charge >= 0.3 is 0 Å². The number of hydrogen-bond donors (Lipinski definition) is 3. The third kappa shape index (κ3) is 11.1. The fourth-order valence-electron chi connectivity index (χ4n) is 7.29. The summed E-state index contributed by atoms with van der Waals surface area (Å²) in [5, 5.41) is 14.2. The Morgan fingerprint density at radius 3 is 2.13 bits per heavy atom. The van der Waals surface area contributed by atoms with E-state index in [1.54, 1.807) is 18.2 Å². The summed E-state index contributed by atoms with van der Waals surface area (Å²) in [6, 6.07) is 33.8. The molecule has 1 aliphatic carbocycles.